The summed E-state index contributed by atoms with van der Waals surface area (Å²) >= 11 is 3.07. The number of thioether (sulfide) groups is 1. The van der Waals surface area contributed by atoms with E-state index in [2.05, 4.69) is 4.98 Å². The molecular weight excluding hydrogens is 434 g/mol. The Kier molecular flexibility index (Phi) is 5.69. The molecule has 0 N–H and O–H groups in total. The van der Waals surface area contributed by atoms with E-state index in [9.17, 15) is 9.59 Å². The summed E-state index contributed by atoms with van der Waals surface area (Å²) in [5, 5.41) is 0. The lowest BCUT2D eigenvalue weighted by molar-refractivity contribution is -0.145. The SMILES string of the molecule is O=C(CSc1nc2ccccc2s1)N1CCN(C(=O)C2COc3ccccc3O2)CC1. The summed E-state index contributed by atoms with van der Waals surface area (Å²) in [6.45, 7) is 2.24. The Bertz CT molecular complexity index is 1080. The molecule has 1 aromatic heterocycles. The highest BCUT2D eigenvalue weighted by Gasteiger charge is 2.33. The van der Waals surface area contributed by atoms with E-state index >= 15 is 0 Å². The van der Waals surface area contributed by atoms with Gasteiger partial charge in [-0.2, -0.15) is 0 Å². The molecule has 5 rings (SSSR count). The monoisotopic (exact) mass is 455 g/mol. The van der Waals surface area contributed by atoms with E-state index in [0.29, 0.717) is 43.4 Å². The van der Waals surface area contributed by atoms with Gasteiger partial charge in [-0.3, -0.25) is 9.59 Å². The van der Waals surface area contributed by atoms with Crippen LogP contribution < -0.4 is 9.47 Å². The number of amides is 2. The molecule has 1 unspecified atom stereocenters. The van der Waals surface area contributed by atoms with Crippen LogP contribution >= 0.6 is 23.1 Å². The number of ether oxygens (including phenoxy) is 2. The third kappa shape index (κ3) is 4.33. The molecule has 0 saturated carbocycles. The number of carbonyl (C=O) groups excluding carboxylic acids is 2. The van der Waals surface area contributed by atoms with Crippen LogP contribution in [0.15, 0.2) is 52.9 Å². The van der Waals surface area contributed by atoms with Gasteiger partial charge in [0, 0.05) is 26.2 Å². The quantitative estimate of drug-likeness (QED) is 0.564. The second-order valence-corrected chi connectivity index (χ2v) is 9.56. The number of aromatic nitrogens is 1. The number of carbonyl (C=O) groups is 2. The molecule has 1 saturated heterocycles. The predicted octanol–water partition coefficient (Wildman–Crippen LogP) is 2.90. The van der Waals surface area contributed by atoms with Crippen LogP contribution in [0.1, 0.15) is 0 Å². The molecule has 3 aromatic rings. The topological polar surface area (TPSA) is 72.0 Å². The van der Waals surface area contributed by atoms with Gasteiger partial charge in [-0.25, -0.2) is 4.98 Å². The van der Waals surface area contributed by atoms with E-state index in [1.165, 1.54) is 11.8 Å². The molecule has 1 fully saturated rings. The Balaban J connectivity index is 1.11. The summed E-state index contributed by atoms with van der Waals surface area (Å²) in [6.07, 6.45) is -0.647. The van der Waals surface area contributed by atoms with Gasteiger partial charge in [-0.1, -0.05) is 36.0 Å². The van der Waals surface area contributed by atoms with E-state index < -0.39 is 6.10 Å². The van der Waals surface area contributed by atoms with Crippen LogP contribution in [-0.2, 0) is 9.59 Å². The Hall–Kier alpha value is -2.78. The Morgan fingerprint density at radius 2 is 1.71 bits per heavy atom. The fraction of sp³-hybridized carbons (Fsp3) is 0.318. The Morgan fingerprint density at radius 1 is 1.00 bits per heavy atom. The minimum Gasteiger partial charge on any atom is -0.485 e. The van der Waals surface area contributed by atoms with Gasteiger partial charge in [0.15, 0.2) is 15.8 Å². The molecule has 31 heavy (non-hydrogen) atoms. The minimum absolute atomic E-state index is 0.0718. The summed E-state index contributed by atoms with van der Waals surface area (Å²) in [4.78, 5) is 33.6. The highest BCUT2D eigenvalue weighted by Crippen LogP contribution is 2.32. The van der Waals surface area contributed by atoms with Crippen LogP contribution in [0.4, 0.5) is 0 Å². The number of hydrogen-bond donors (Lipinski definition) is 0. The summed E-state index contributed by atoms with van der Waals surface area (Å²) in [7, 11) is 0. The van der Waals surface area contributed by atoms with Crippen molar-refractivity contribution in [2.75, 3.05) is 38.5 Å². The van der Waals surface area contributed by atoms with Crippen LogP contribution in [0.2, 0.25) is 0 Å². The molecular formula is C22H21N3O4S2. The predicted molar refractivity (Wildman–Crippen MR) is 120 cm³/mol. The number of hydrogen-bond acceptors (Lipinski definition) is 7. The van der Waals surface area contributed by atoms with Gasteiger partial charge in [0.05, 0.1) is 16.0 Å². The average Bonchev–Trinajstić information content (AvgIpc) is 3.25. The maximum atomic E-state index is 12.8. The van der Waals surface area contributed by atoms with E-state index in [0.717, 1.165) is 14.6 Å². The highest BCUT2D eigenvalue weighted by atomic mass is 32.2. The van der Waals surface area contributed by atoms with E-state index in [-0.39, 0.29) is 18.4 Å². The standard InChI is InChI=1S/C22H21N3O4S2/c26-20(14-30-22-23-15-5-1-4-8-19(15)31-22)24-9-11-25(12-10-24)21(27)18-13-28-16-6-2-3-7-17(16)29-18/h1-8,18H,9-14H2. The highest BCUT2D eigenvalue weighted by molar-refractivity contribution is 8.01. The maximum Gasteiger partial charge on any atom is 0.267 e. The molecule has 0 spiro atoms. The van der Waals surface area contributed by atoms with Crippen LogP contribution in [0.5, 0.6) is 11.5 Å². The number of fused-ring (bicyclic) bond motifs is 2. The first-order valence-electron chi connectivity index (χ1n) is 10.1. The molecule has 2 aliphatic rings. The van der Waals surface area contributed by atoms with Crippen molar-refractivity contribution in [2.24, 2.45) is 0 Å². The second-order valence-electron chi connectivity index (χ2n) is 7.31. The minimum atomic E-state index is -0.647. The molecule has 160 valence electrons. The van der Waals surface area contributed by atoms with Crippen molar-refractivity contribution in [2.45, 2.75) is 10.4 Å². The van der Waals surface area contributed by atoms with Crippen molar-refractivity contribution >= 4 is 45.1 Å². The van der Waals surface area contributed by atoms with Crippen LogP contribution in [0.3, 0.4) is 0 Å². The summed E-state index contributed by atoms with van der Waals surface area (Å²) in [5.74, 6) is 1.58. The van der Waals surface area contributed by atoms with E-state index in [1.807, 2.05) is 47.4 Å². The first kappa shape index (κ1) is 20.1. The van der Waals surface area contributed by atoms with Gasteiger partial charge in [-0.05, 0) is 24.3 Å². The van der Waals surface area contributed by atoms with Crippen molar-refractivity contribution in [3.05, 3.63) is 48.5 Å². The lowest BCUT2D eigenvalue weighted by Crippen LogP contribution is -2.55. The normalized spacial score (nSPS) is 18.3. The van der Waals surface area contributed by atoms with Gasteiger partial charge in [0.2, 0.25) is 12.0 Å². The van der Waals surface area contributed by atoms with Crippen LogP contribution in [0.25, 0.3) is 10.2 Å². The molecule has 0 bridgehead atoms. The van der Waals surface area contributed by atoms with Crippen LogP contribution in [-0.4, -0.2) is 71.2 Å². The second kappa shape index (κ2) is 8.76. The maximum absolute atomic E-state index is 12.8. The van der Waals surface area contributed by atoms with Gasteiger partial charge < -0.3 is 19.3 Å². The van der Waals surface area contributed by atoms with Gasteiger partial charge in [-0.15, -0.1) is 11.3 Å². The number of para-hydroxylation sites is 3. The third-order valence-corrected chi connectivity index (χ3v) is 7.49. The Labute approximate surface area is 187 Å². The van der Waals surface area contributed by atoms with Gasteiger partial charge in [0.1, 0.15) is 6.61 Å². The first-order valence-corrected chi connectivity index (χ1v) is 11.9. The molecule has 7 nitrogen and oxygen atoms in total. The van der Waals surface area contributed by atoms with Crippen molar-refractivity contribution in [3.63, 3.8) is 0 Å². The van der Waals surface area contributed by atoms with E-state index in [1.54, 1.807) is 22.3 Å². The smallest absolute Gasteiger partial charge is 0.267 e. The number of benzene rings is 2. The zero-order valence-corrected chi connectivity index (χ0v) is 18.4. The summed E-state index contributed by atoms with van der Waals surface area (Å²) in [6, 6.07) is 15.3. The molecule has 0 aliphatic carbocycles. The molecule has 1 atom stereocenters. The molecule has 2 aromatic carbocycles. The van der Waals surface area contributed by atoms with Crippen LogP contribution in [0, 0.1) is 0 Å². The first-order chi connectivity index (χ1) is 15.2. The number of piperazine rings is 1. The number of rotatable bonds is 4. The number of thiazole rings is 1. The molecule has 2 amide bonds. The molecule has 3 heterocycles. The third-order valence-electron chi connectivity index (χ3n) is 5.32. The molecule has 0 radical (unpaired) electrons. The zero-order valence-electron chi connectivity index (χ0n) is 16.7. The lowest BCUT2D eigenvalue weighted by atomic mass is 10.2. The zero-order chi connectivity index (χ0) is 21.2. The number of nitrogens with zero attached hydrogens (tertiary/aromatic N) is 3. The summed E-state index contributed by atoms with van der Waals surface area (Å²) in [5.41, 5.74) is 0.964. The molecule has 9 heteroatoms. The van der Waals surface area contributed by atoms with Crippen molar-refractivity contribution in [1.29, 1.82) is 0 Å². The fourth-order valence-electron chi connectivity index (χ4n) is 3.65. The van der Waals surface area contributed by atoms with Gasteiger partial charge >= 0.3 is 0 Å². The lowest BCUT2D eigenvalue weighted by Gasteiger charge is -2.37. The largest absolute Gasteiger partial charge is 0.485 e. The fourth-order valence-corrected chi connectivity index (χ4v) is 5.62. The molecule has 2 aliphatic heterocycles. The van der Waals surface area contributed by atoms with Gasteiger partial charge in [0.25, 0.3) is 5.91 Å². The average molecular weight is 456 g/mol. The Morgan fingerprint density at radius 3 is 2.52 bits per heavy atom. The summed E-state index contributed by atoms with van der Waals surface area (Å²) < 4.78 is 13.5. The van der Waals surface area contributed by atoms with Crippen molar-refractivity contribution < 1.29 is 19.1 Å². The van der Waals surface area contributed by atoms with E-state index in [4.69, 9.17) is 9.47 Å². The van der Waals surface area contributed by atoms with Crippen molar-refractivity contribution in [3.8, 4) is 11.5 Å². The van der Waals surface area contributed by atoms with Crippen molar-refractivity contribution in [1.82, 2.24) is 14.8 Å².